The van der Waals surface area contributed by atoms with E-state index in [1.54, 1.807) is 11.1 Å². The van der Waals surface area contributed by atoms with Gasteiger partial charge in [0.25, 0.3) is 0 Å². The minimum absolute atomic E-state index is 0.332. The molecule has 1 aliphatic rings. The predicted molar refractivity (Wildman–Crippen MR) is 82.4 cm³/mol. The van der Waals surface area contributed by atoms with Gasteiger partial charge in [-0.25, -0.2) is 0 Å². The average Bonchev–Trinajstić information content (AvgIpc) is 2.60. The Hall–Kier alpha value is -0.520. The summed E-state index contributed by atoms with van der Waals surface area (Å²) in [5.74, 6) is 0.671. The third-order valence-electron chi connectivity index (χ3n) is 3.12. The van der Waals surface area contributed by atoms with Crippen LogP contribution in [0.5, 0.6) is 0 Å². The highest BCUT2D eigenvalue weighted by Gasteiger charge is 2.30. The molecule has 0 aromatic rings. The SMILES string of the molecule is C=C1C(CC)=C(C(C)(C)C)CC1C.CC.CC. The number of hydrogen-bond donors (Lipinski definition) is 0. The molecule has 0 aromatic carbocycles. The van der Waals surface area contributed by atoms with Crippen molar-refractivity contribution in [3.63, 3.8) is 0 Å². The molecule has 0 fully saturated rings. The van der Waals surface area contributed by atoms with Gasteiger partial charge in [-0.15, -0.1) is 0 Å². The predicted octanol–water partition coefficient (Wildman–Crippen LogP) is 6.39. The second-order valence-corrected chi connectivity index (χ2v) is 5.19. The van der Waals surface area contributed by atoms with E-state index in [-0.39, 0.29) is 0 Å². The zero-order valence-electron chi connectivity index (χ0n) is 13.7. The average molecular weight is 238 g/mol. The van der Waals surface area contributed by atoms with Gasteiger partial charge in [0, 0.05) is 0 Å². The zero-order valence-corrected chi connectivity index (χ0v) is 13.7. The first-order valence-corrected chi connectivity index (χ1v) is 7.29. The molecule has 0 bridgehead atoms. The van der Waals surface area contributed by atoms with Crippen molar-refractivity contribution < 1.29 is 0 Å². The van der Waals surface area contributed by atoms with E-state index in [1.165, 1.54) is 12.0 Å². The molecule has 1 unspecified atom stereocenters. The Labute approximate surface area is 110 Å². The van der Waals surface area contributed by atoms with Crippen molar-refractivity contribution in [1.29, 1.82) is 0 Å². The Kier molecular flexibility index (Phi) is 9.48. The normalized spacial score (nSPS) is 19.4. The summed E-state index contributed by atoms with van der Waals surface area (Å²) in [5.41, 5.74) is 4.89. The first kappa shape index (κ1) is 18.8. The van der Waals surface area contributed by atoms with Crippen molar-refractivity contribution in [2.24, 2.45) is 11.3 Å². The maximum Gasteiger partial charge on any atom is -0.0156 e. The van der Waals surface area contributed by atoms with Crippen molar-refractivity contribution in [2.45, 2.75) is 75.2 Å². The van der Waals surface area contributed by atoms with E-state index >= 15 is 0 Å². The molecule has 0 spiro atoms. The van der Waals surface area contributed by atoms with E-state index in [9.17, 15) is 0 Å². The molecule has 0 amide bonds. The summed E-state index contributed by atoms with van der Waals surface area (Å²) in [5, 5.41) is 0. The monoisotopic (exact) mass is 238 g/mol. The van der Waals surface area contributed by atoms with E-state index in [0.29, 0.717) is 11.3 Å². The Morgan fingerprint density at radius 1 is 1.12 bits per heavy atom. The molecule has 1 rings (SSSR count). The second-order valence-electron chi connectivity index (χ2n) is 5.19. The molecule has 0 saturated heterocycles. The van der Waals surface area contributed by atoms with Gasteiger partial charge in [0.05, 0.1) is 0 Å². The van der Waals surface area contributed by atoms with Crippen LogP contribution in [0.15, 0.2) is 23.3 Å². The molecule has 0 aromatic heterocycles. The molecule has 0 N–H and O–H groups in total. The molecule has 0 radical (unpaired) electrons. The lowest BCUT2D eigenvalue weighted by Gasteiger charge is -2.22. The van der Waals surface area contributed by atoms with Crippen LogP contribution in [0.3, 0.4) is 0 Å². The summed E-state index contributed by atoms with van der Waals surface area (Å²) in [6.45, 7) is 23.6. The van der Waals surface area contributed by atoms with Gasteiger partial charge in [0.2, 0.25) is 0 Å². The number of hydrogen-bond acceptors (Lipinski definition) is 0. The van der Waals surface area contributed by atoms with Gasteiger partial charge >= 0.3 is 0 Å². The number of rotatable bonds is 1. The Bertz CT molecular complexity index is 248. The first-order chi connectivity index (χ1) is 7.88. The topological polar surface area (TPSA) is 0 Å². The van der Waals surface area contributed by atoms with Crippen LogP contribution >= 0.6 is 0 Å². The van der Waals surface area contributed by atoms with Gasteiger partial charge in [0.1, 0.15) is 0 Å². The zero-order chi connectivity index (χ0) is 14.2. The summed E-state index contributed by atoms with van der Waals surface area (Å²) in [4.78, 5) is 0. The molecule has 0 heteroatoms. The van der Waals surface area contributed by atoms with Crippen molar-refractivity contribution in [2.75, 3.05) is 0 Å². The summed E-state index contributed by atoms with van der Waals surface area (Å²) >= 11 is 0. The van der Waals surface area contributed by atoms with Crippen molar-refractivity contribution in [3.05, 3.63) is 23.3 Å². The highest BCUT2D eigenvalue weighted by Crippen LogP contribution is 2.44. The molecule has 102 valence electrons. The van der Waals surface area contributed by atoms with Gasteiger partial charge in [-0.2, -0.15) is 0 Å². The van der Waals surface area contributed by atoms with Gasteiger partial charge in [-0.05, 0) is 35.3 Å². The quantitative estimate of drug-likeness (QED) is 0.496. The Morgan fingerprint density at radius 3 is 1.76 bits per heavy atom. The minimum atomic E-state index is 0.332. The van der Waals surface area contributed by atoms with Crippen LogP contribution in [0.2, 0.25) is 0 Å². The molecule has 1 atom stereocenters. The molecule has 1 aliphatic carbocycles. The van der Waals surface area contributed by atoms with Crippen molar-refractivity contribution >= 4 is 0 Å². The van der Waals surface area contributed by atoms with Gasteiger partial charge in [0.15, 0.2) is 0 Å². The molecular formula is C17H34. The van der Waals surface area contributed by atoms with Crippen LogP contribution < -0.4 is 0 Å². The van der Waals surface area contributed by atoms with Crippen LogP contribution in [-0.2, 0) is 0 Å². The second kappa shape index (κ2) is 8.55. The summed E-state index contributed by atoms with van der Waals surface area (Å²) in [6, 6.07) is 0. The third-order valence-corrected chi connectivity index (χ3v) is 3.12. The highest BCUT2D eigenvalue weighted by atomic mass is 14.3. The maximum atomic E-state index is 4.19. The lowest BCUT2D eigenvalue weighted by Crippen LogP contribution is -2.09. The highest BCUT2D eigenvalue weighted by molar-refractivity contribution is 5.43. The summed E-state index contributed by atoms with van der Waals surface area (Å²) in [6.07, 6.45) is 2.38. The molecule has 0 heterocycles. The van der Waals surface area contributed by atoms with Crippen LogP contribution in [0.4, 0.5) is 0 Å². The largest absolute Gasteiger partial charge is 0.0953 e. The van der Waals surface area contributed by atoms with Crippen LogP contribution in [0.25, 0.3) is 0 Å². The Balaban J connectivity index is 0. The van der Waals surface area contributed by atoms with Crippen LogP contribution in [-0.4, -0.2) is 0 Å². The summed E-state index contributed by atoms with van der Waals surface area (Å²) in [7, 11) is 0. The molecule has 0 saturated carbocycles. The standard InChI is InChI=1S/C13H22.2C2H6/c1-7-11-10(3)9(2)8-12(11)13(4,5)6;2*1-2/h9H,3,7-8H2,1-2,4-6H3;2*1-2H3. The maximum absolute atomic E-state index is 4.19. The fraction of sp³-hybridized carbons (Fsp3) is 0.765. The number of allylic oxidation sites excluding steroid dienone is 3. The van der Waals surface area contributed by atoms with Gasteiger partial charge < -0.3 is 0 Å². The van der Waals surface area contributed by atoms with Gasteiger partial charge in [-0.3, -0.25) is 0 Å². The molecule has 0 aliphatic heterocycles. The summed E-state index contributed by atoms with van der Waals surface area (Å²) < 4.78 is 0. The van der Waals surface area contributed by atoms with Crippen molar-refractivity contribution in [1.82, 2.24) is 0 Å². The first-order valence-electron chi connectivity index (χ1n) is 7.29. The third kappa shape index (κ3) is 5.10. The van der Waals surface area contributed by atoms with Gasteiger partial charge in [-0.1, -0.05) is 74.5 Å². The lowest BCUT2D eigenvalue weighted by molar-refractivity contribution is 0.473. The van der Waals surface area contributed by atoms with Crippen LogP contribution in [0, 0.1) is 11.3 Å². The van der Waals surface area contributed by atoms with E-state index in [4.69, 9.17) is 0 Å². The fourth-order valence-corrected chi connectivity index (χ4v) is 2.24. The van der Waals surface area contributed by atoms with E-state index in [2.05, 4.69) is 41.2 Å². The van der Waals surface area contributed by atoms with Crippen molar-refractivity contribution in [3.8, 4) is 0 Å². The lowest BCUT2D eigenvalue weighted by atomic mass is 9.83. The van der Waals surface area contributed by atoms with E-state index < -0.39 is 0 Å². The van der Waals surface area contributed by atoms with E-state index in [0.717, 1.165) is 6.42 Å². The molecule has 0 nitrogen and oxygen atoms in total. The van der Waals surface area contributed by atoms with E-state index in [1.807, 2.05) is 27.7 Å². The minimum Gasteiger partial charge on any atom is -0.0953 e. The van der Waals surface area contributed by atoms with Crippen LogP contribution in [0.1, 0.15) is 75.2 Å². The Morgan fingerprint density at radius 2 is 1.53 bits per heavy atom. The fourth-order valence-electron chi connectivity index (χ4n) is 2.24. The molecule has 17 heavy (non-hydrogen) atoms. The smallest absolute Gasteiger partial charge is 0.0156 e. The molecular weight excluding hydrogens is 204 g/mol.